The highest BCUT2D eigenvalue weighted by atomic mass is 16.1. The molecule has 1 N–H and O–H groups in total. The van der Waals surface area contributed by atoms with Gasteiger partial charge in [-0.25, -0.2) is 0 Å². The van der Waals surface area contributed by atoms with Gasteiger partial charge in [-0.2, -0.15) is 9.61 Å². The number of hydrogen-bond acceptors (Lipinski definition) is 5. The van der Waals surface area contributed by atoms with Crippen molar-refractivity contribution in [3.05, 3.63) is 60.8 Å². The van der Waals surface area contributed by atoms with Gasteiger partial charge in [-0.05, 0) is 36.4 Å². The zero-order valence-electron chi connectivity index (χ0n) is 13.4. The van der Waals surface area contributed by atoms with Crippen molar-refractivity contribution in [3.63, 3.8) is 0 Å². The second kappa shape index (κ2) is 6.12. The molecule has 122 valence electrons. The van der Waals surface area contributed by atoms with E-state index >= 15 is 0 Å². The summed E-state index contributed by atoms with van der Waals surface area (Å²) >= 11 is 0. The monoisotopic (exact) mass is 330 g/mol. The first-order valence-corrected chi connectivity index (χ1v) is 7.72. The van der Waals surface area contributed by atoms with Crippen LogP contribution in [0.5, 0.6) is 0 Å². The molecular weight excluding hydrogens is 316 g/mol. The quantitative estimate of drug-likeness (QED) is 0.624. The summed E-state index contributed by atoms with van der Waals surface area (Å²) in [5.41, 5.74) is 3.69. The van der Waals surface area contributed by atoms with E-state index in [4.69, 9.17) is 0 Å². The van der Waals surface area contributed by atoms with Gasteiger partial charge in [0.15, 0.2) is 5.65 Å². The Hall–Kier alpha value is -3.61. The summed E-state index contributed by atoms with van der Waals surface area (Å²) in [6, 6.07) is 16.8. The highest BCUT2D eigenvalue weighted by Gasteiger charge is 2.11. The van der Waals surface area contributed by atoms with Crippen LogP contribution in [-0.2, 0) is 4.79 Å². The molecule has 0 saturated heterocycles. The van der Waals surface area contributed by atoms with E-state index in [1.165, 1.54) is 6.92 Å². The van der Waals surface area contributed by atoms with E-state index in [0.717, 1.165) is 16.9 Å². The Morgan fingerprint density at radius 2 is 1.92 bits per heavy atom. The molecule has 0 fully saturated rings. The molecule has 0 bridgehead atoms. The van der Waals surface area contributed by atoms with Crippen molar-refractivity contribution in [2.24, 2.45) is 0 Å². The van der Waals surface area contributed by atoms with Gasteiger partial charge in [0.2, 0.25) is 11.7 Å². The summed E-state index contributed by atoms with van der Waals surface area (Å²) in [7, 11) is 0. The number of nitrogens with zero attached hydrogens (tertiary/aromatic N) is 5. The van der Waals surface area contributed by atoms with Crippen LogP contribution in [-0.4, -0.2) is 30.7 Å². The van der Waals surface area contributed by atoms with Gasteiger partial charge in [-0.15, -0.1) is 10.2 Å². The number of amides is 1. The normalized spacial score (nSPS) is 10.8. The van der Waals surface area contributed by atoms with E-state index in [9.17, 15) is 4.79 Å². The Morgan fingerprint density at radius 3 is 2.72 bits per heavy atom. The van der Waals surface area contributed by atoms with Crippen molar-refractivity contribution < 1.29 is 4.79 Å². The zero-order valence-corrected chi connectivity index (χ0v) is 13.4. The number of aromatic nitrogens is 5. The summed E-state index contributed by atoms with van der Waals surface area (Å²) in [4.78, 5) is 15.6. The molecule has 4 rings (SSSR count). The third kappa shape index (κ3) is 2.94. The van der Waals surface area contributed by atoms with Gasteiger partial charge in [0.05, 0.1) is 5.69 Å². The van der Waals surface area contributed by atoms with Crippen molar-refractivity contribution in [3.8, 4) is 22.8 Å². The third-order valence-corrected chi connectivity index (χ3v) is 3.64. The lowest BCUT2D eigenvalue weighted by Gasteiger charge is -2.06. The van der Waals surface area contributed by atoms with E-state index < -0.39 is 0 Å². The second-order valence-corrected chi connectivity index (χ2v) is 5.49. The van der Waals surface area contributed by atoms with Crippen LogP contribution >= 0.6 is 0 Å². The fraction of sp³-hybridized carbons (Fsp3) is 0.0556. The van der Waals surface area contributed by atoms with Crippen LogP contribution in [0.3, 0.4) is 0 Å². The van der Waals surface area contributed by atoms with Gasteiger partial charge < -0.3 is 5.32 Å². The predicted molar refractivity (Wildman–Crippen MR) is 93.8 cm³/mol. The van der Waals surface area contributed by atoms with Gasteiger partial charge in [-0.3, -0.25) is 9.78 Å². The first kappa shape index (κ1) is 14.9. The summed E-state index contributed by atoms with van der Waals surface area (Å²) in [5, 5.41) is 15.7. The molecule has 0 saturated carbocycles. The van der Waals surface area contributed by atoms with E-state index in [1.54, 1.807) is 10.7 Å². The molecular formula is C18H14N6O. The lowest BCUT2D eigenvalue weighted by molar-refractivity contribution is -0.114. The Kier molecular flexibility index (Phi) is 3.66. The Bertz CT molecular complexity index is 1060. The number of benzene rings is 1. The minimum absolute atomic E-state index is 0.114. The van der Waals surface area contributed by atoms with Crippen LogP contribution in [0.2, 0.25) is 0 Å². The highest BCUT2D eigenvalue weighted by molar-refractivity contribution is 5.89. The average Bonchev–Trinajstić information content (AvgIpc) is 3.05. The van der Waals surface area contributed by atoms with Gasteiger partial charge in [0.1, 0.15) is 5.69 Å². The van der Waals surface area contributed by atoms with Gasteiger partial charge in [-0.1, -0.05) is 18.2 Å². The van der Waals surface area contributed by atoms with Gasteiger partial charge in [0.25, 0.3) is 0 Å². The minimum atomic E-state index is -0.114. The Balaban J connectivity index is 1.80. The number of nitrogens with one attached hydrogen (secondary N) is 1. The predicted octanol–water partition coefficient (Wildman–Crippen LogP) is 2.81. The topological polar surface area (TPSA) is 85.1 Å². The van der Waals surface area contributed by atoms with Crippen LogP contribution in [0, 0.1) is 0 Å². The molecule has 0 atom stereocenters. The first-order chi connectivity index (χ1) is 12.2. The molecule has 0 spiro atoms. The Morgan fingerprint density at radius 1 is 1.00 bits per heavy atom. The lowest BCUT2D eigenvalue weighted by atomic mass is 10.1. The van der Waals surface area contributed by atoms with Gasteiger partial charge in [0, 0.05) is 24.4 Å². The van der Waals surface area contributed by atoms with E-state index in [0.29, 0.717) is 17.2 Å². The number of rotatable bonds is 3. The fourth-order valence-electron chi connectivity index (χ4n) is 2.56. The maximum Gasteiger partial charge on any atom is 0.221 e. The number of pyridine rings is 1. The molecule has 0 aliphatic carbocycles. The first-order valence-electron chi connectivity index (χ1n) is 7.72. The molecule has 3 aromatic heterocycles. The second-order valence-electron chi connectivity index (χ2n) is 5.49. The largest absolute Gasteiger partial charge is 0.326 e. The average molecular weight is 330 g/mol. The zero-order chi connectivity index (χ0) is 17.2. The molecule has 7 nitrogen and oxygen atoms in total. The van der Waals surface area contributed by atoms with Crippen molar-refractivity contribution >= 4 is 17.2 Å². The summed E-state index contributed by atoms with van der Waals surface area (Å²) in [5.74, 6) is 0.465. The van der Waals surface area contributed by atoms with Crippen LogP contribution in [0.1, 0.15) is 6.92 Å². The minimum Gasteiger partial charge on any atom is -0.326 e. The smallest absolute Gasteiger partial charge is 0.221 e. The summed E-state index contributed by atoms with van der Waals surface area (Å²) in [6.07, 6.45) is 1.71. The molecule has 0 aliphatic heterocycles. The van der Waals surface area contributed by atoms with Crippen LogP contribution in [0.15, 0.2) is 60.8 Å². The van der Waals surface area contributed by atoms with E-state index in [-0.39, 0.29) is 5.91 Å². The number of carbonyl (C=O) groups is 1. The number of carbonyl (C=O) groups excluding carboxylic acids is 1. The highest BCUT2D eigenvalue weighted by Crippen LogP contribution is 2.22. The van der Waals surface area contributed by atoms with Gasteiger partial charge >= 0.3 is 0 Å². The molecule has 0 aliphatic rings. The number of fused-ring (bicyclic) bond motifs is 1. The van der Waals surface area contributed by atoms with Crippen molar-refractivity contribution in [2.75, 3.05) is 5.32 Å². The maximum absolute atomic E-state index is 11.2. The summed E-state index contributed by atoms with van der Waals surface area (Å²) in [6.45, 7) is 1.48. The molecule has 4 aromatic rings. The molecule has 7 heteroatoms. The number of hydrogen-bond donors (Lipinski definition) is 1. The fourth-order valence-corrected chi connectivity index (χ4v) is 2.56. The third-order valence-electron chi connectivity index (χ3n) is 3.64. The van der Waals surface area contributed by atoms with Crippen LogP contribution < -0.4 is 5.32 Å². The molecule has 25 heavy (non-hydrogen) atoms. The summed E-state index contributed by atoms with van der Waals surface area (Å²) < 4.78 is 1.67. The molecule has 3 heterocycles. The Labute approximate surface area is 143 Å². The van der Waals surface area contributed by atoms with Crippen LogP contribution in [0.4, 0.5) is 5.69 Å². The molecule has 1 aromatic carbocycles. The molecule has 1 amide bonds. The molecule has 0 unspecified atom stereocenters. The van der Waals surface area contributed by atoms with E-state index in [2.05, 4.69) is 25.6 Å². The van der Waals surface area contributed by atoms with E-state index in [1.807, 2.05) is 54.6 Å². The number of anilines is 1. The lowest BCUT2D eigenvalue weighted by Crippen LogP contribution is -2.05. The van der Waals surface area contributed by atoms with Crippen molar-refractivity contribution in [1.82, 2.24) is 24.8 Å². The molecule has 0 radical (unpaired) electrons. The van der Waals surface area contributed by atoms with Crippen molar-refractivity contribution in [1.29, 1.82) is 0 Å². The maximum atomic E-state index is 11.2. The SMILES string of the molecule is CC(=O)Nc1cccc(-c2ccc3nnc(-c4ccccn4)n3n2)c1. The van der Waals surface area contributed by atoms with Crippen LogP contribution in [0.25, 0.3) is 28.4 Å². The standard InChI is InChI=1S/C18H14N6O/c1-12(25)20-14-6-4-5-13(11-14)15-8-9-17-21-22-18(24(17)23-15)16-7-2-3-10-19-16/h2-11H,1H3,(H,20,25). The van der Waals surface area contributed by atoms with Crippen molar-refractivity contribution in [2.45, 2.75) is 6.92 Å².